The molecule has 2 N–H and O–H groups in total. The minimum absolute atomic E-state index is 0.347. The quantitative estimate of drug-likeness (QED) is 0.529. The summed E-state index contributed by atoms with van der Waals surface area (Å²) in [5.74, 6) is 0.157. The lowest BCUT2D eigenvalue weighted by molar-refractivity contribution is -0.139. The van der Waals surface area contributed by atoms with E-state index in [1.807, 2.05) is 55.5 Å². The number of ether oxygens (including phenoxy) is 2. The van der Waals surface area contributed by atoms with E-state index in [9.17, 15) is 9.90 Å². The number of carboxylic acid groups (broad SMARTS) is 1. The van der Waals surface area contributed by atoms with Gasteiger partial charge in [0.25, 0.3) is 0 Å². The average Bonchev–Trinajstić information content (AvgIpc) is 2.77. The average molecular weight is 407 g/mol. The van der Waals surface area contributed by atoms with E-state index in [-0.39, 0.29) is 12.7 Å². The molecule has 3 aromatic rings. The monoisotopic (exact) mass is 407 g/mol. The van der Waals surface area contributed by atoms with Crippen LogP contribution >= 0.6 is 0 Å². The SMILES string of the molecule is C[C@H](Oc1ccc(-c2cccc(OCC(=O)O)c2)cc1)[C@H](O)CCc1cccnc1. The Hall–Kier alpha value is -3.38. The molecule has 1 aromatic heterocycles. The number of rotatable bonds is 10. The predicted molar refractivity (Wildman–Crippen MR) is 114 cm³/mol. The Kier molecular flexibility index (Phi) is 7.40. The lowest BCUT2D eigenvalue weighted by atomic mass is 10.0. The molecule has 156 valence electrons. The van der Waals surface area contributed by atoms with Crippen molar-refractivity contribution in [2.24, 2.45) is 0 Å². The van der Waals surface area contributed by atoms with Crippen molar-refractivity contribution in [2.75, 3.05) is 6.61 Å². The summed E-state index contributed by atoms with van der Waals surface area (Å²) in [6.07, 6.45) is 3.93. The summed E-state index contributed by atoms with van der Waals surface area (Å²) in [6.45, 7) is 1.47. The molecule has 0 unspecified atom stereocenters. The number of aromatic nitrogens is 1. The highest BCUT2D eigenvalue weighted by Gasteiger charge is 2.16. The number of carbonyl (C=O) groups is 1. The van der Waals surface area contributed by atoms with Gasteiger partial charge in [-0.05, 0) is 66.8 Å². The first-order chi connectivity index (χ1) is 14.5. The van der Waals surface area contributed by atoms with Crippen LogP contribution in [-0.4, -0.2) is 40.0 Å². The number of benzene rings is 2. The van der Waals surface area contributed by atoms with Gasteiger partial charge in [0.05, 0.1) is 6.10 Å². The molecule has 1 heterocycles. The van der Waals surface area contributed by atoms with Crippen molar-refractivity contribution in [1.82, 2.24) is 4.98 Å². The molecule has 0 aliphatic heterocycles. The summed E-state index contributed by atoms with van der Waals surface area (Å²) in [5, 5.41) is 19.1. The standard InChI is InChI=1S/C24H25NO5/c1-17(23(26)12-7-18-4-3-13-25-15-18)30-21-10-8-19(9-11-21)20-5-2-6-22(14-20)29-16-24(27)28/h2-6,8-11,13-15,17,23,26H,7,12,16H2,1H3,(H,27,28)/t17-,23+/m0/s1. The van der Waals surface area contributed by atoms with Crippen LogP contribution in [0.4, 0.5) is 0 Å². The Morgan fingerprint density at radius 2 is 1.83 bits per heavy atom. The van der Waals surface area contributed by atoms with Gasteiger partial charge in [0.2, 0.25) is 0 Å². The topological polar surface area (TPSA) is 88.9 Å². The maximum atomic E-state index is 10.7. The molecule has 6 heteroatoms. The summed E-state index contributed by atoms with van der Waals surface area (Å²) < 4.78 is 11.1. The molecule has 0 amide bonds. The summed E-state index contributed by atoms with van der Waals surface area (Å²) in [4.78, 5) is 14.7. The second-order valence-corrected chi connectivity index (χ2v) is 7.02. The number of hydrogen-bond acceptors (Lipinski definition) is 5. The fourth-order valence-electron chi connectivity index (χ4n) is 3.02. The normalized spacial score (nSPS) is 12.7. The molecule has 0 fully saturated rings. The number of nitrogens with zero attached hydrogens (tertiary/aromatic N) is 1. The summed E-state index contributed by atoms with van der Waals surface area (Å²) in [7, 11) is 0. The number of aliphatic carboxylic acids is 1. The van der Waals surface area contributed by atoms with E-state index in [4.69, 9.17) is 14.6 Å². The van der Waals surface area contributed by atoms with E-state index in [0.29, 0.717) is 17.9 Å². The molecule has 2 aromatic carbocycles. The van der Waals surface area contributed by atoms with Gasteiger partial charge in [-0.15, -0.1) is 0 Å². The number of aliphatic hydroxyl groups is 1. The second kappa shape index (κ2) is 10.4. The molecule has 6 nitrogen and oxygen atoms in total. The zero-order chi connectivity index (χ0) is 21.3. The summed E-state index contributed by atoms with van der Waals surface area (Å²) in [5.41, 5.74) is 2.95. The van der Waals surface area contributed by atoms with E-state index in [1.165, 1.54) is 0 Å². The van der Waals surface area contributed by atoms with Gasteiger partial charge >= 0.3 is 5.97 Å². The van der Waals surface area contributed by atoms with Crippen LogP contribution in [-0.2, 0) is 11.2 Å². The van der Waals surface area contributed by atoms with Gasteiger partial charge in [-0.25, -0.2) is 4.79 Å². The van der Waals surface area contributed by atoms with Gasteiger partial charge in [-0.3, -0.25) is 4.98 Å². The Balaban J connectivity index is 1.56. The van der Waals surface area contributed by atoms with E-state index in [0.717, 1.165) is 23.1 Å². The van der Waals surface area contributed by atoms with Crippen molar-refractivity contribution in [3.05, 3.63) is 78.6 Å². The lowest BCUT2D eigenvalue weighted by Gasteiger charge is -2.20. The molecule has 0 bridgehead atoms. The fourth-order valence-corrected chi connectivity index (χ4v) is 3.02. The molecule has 30 heavy (non-hydrogen) atoms. The Bertz CT molecular complexity index is 943. The molecule has 0 spiro atoms. The number of hydrogen-bond donors (Lipinski definition) is 2. The van der Waals surface area contributed by atoms with Crippen LogP contribution in [0.3, 0.4) is 0 Å². The van der Waals surface area contributed by atoms with Gasteiger partial charge in [0.1, 0.15) is 17.6 Å². The van der Waals surface area contributed by atoms with E-state index in [2.05, 4.69) is 4.98 Å². The van der Waals surface area contributed by atoms with Crippen molar-refractivity contribution in [3.63, 3.8) is 0 Å². The Labute approximate surface area is 175 Å². The van der Waals surface area contributed by atoms with Crippen LogP contribution in [0.15, 0.2) is 73.1 Å². The van der Waals surface area contributed by atoms with Crippen molar-refractivity contribution >= 4 is 5.97 Å². The molecular formula is C24H25NO5. The van der Waals surface area contributed by atoms with Crippen LogP contribution in [0.5, 0.6) is 11.5 Å². The summed E-state index contributed by atoms with van der Waals surface area (Å²) >= 11 is 0. The molecule has 0 aliphatic carbocycles. The molecule has 0 saturated carbocycles. The maximum absolute atomic E-state index is 10.7. The minimum atomic E-state index is -1.02. The number of aliphatic hydroxyl groups excluding tert-OH is 1. The molecule has 0 aliphatic rings. The maximum Gasteiger partial charge on any atom is 0.341 e. The molecular weight excluding hydrogens is 382 g/mol. The van der Waals surface area contributed by atoms with Crippen molar-refractivity contribution < 1.29 is 24.5 Å². The molecule has 0 radical (unpaired) electrons. The third kappa shape index (κ3) is 6.32. The van der Waals surface area contributed by atoms with Crippen LogP contribution in [0.25, 0.3) is 11.1 Å². The van der Waals surface area contributed by atoms with Gasteiger partial charge in [0, 0.05) is 12.4 Å². The number of pyridine rings is 1. The summed E-state index contributed by atoms with van der Waals surface area (Å²) in [6, 6.07) is 18.7. The van der Waals surface area contributed by atoms with Crippen LogP contribution < -0.4 is 9.47 Å². The van der Waals surface area contributed by atoms with Gasteiger partial charge in [-0.1, -0.05) is 30.3 Å². The van der Waals surface area contributed by atoms with Crippen molar-refractivity contribution in [1.29, 1.82) is 0 Å². The first-order valence-electron chi connectivity index (χ1n) is 9.80. The molecule has 3 rings (SSSR count). The highest BCUT2D eigenvalue weighted by Crippen LogP contribution is 2.26. The van der Waals surface area contributed by atoms with Crippen molar-refractivity contribution in [2.45, 2.75) is 32.0 Å². The molecule has 2 atom stereocenters. The first-order valence-corrected chi connectivity index (χ1v) is 9.80. The molecule has 0 saturated heterocycles. The second-order valence-electron chi connectivity index (χ2n) is 7.02. The van der Waals surface area contributed by atoms with Crippen molar-refractivity contribution in [3.8, 4) is 22.6 Å². The van der Waals surface area contributed by atoms with E-state index < -0.39 is 12.1 Å². The number of carboxylic acids is 1. The largest absolute Gasteiger partial charge is 0.488 e. The zero-order valence-electron chi connectivity index (χ0n) is 16.8. The van der Waals surface area contributed by atoms with Gasteiger partial charge in [0.15, 0.2) is 6.61 Å². The van der Waals surface area contributed by atoms with Gasteiger partial charge in [-0.2, -0.15) is 0 Å². The zero-order valence-corrected chi connectivity index (χ0v) is 16.8. The third-order valence-corrected chi connectivity index (χ3v) is 4.70. The van der Waals surface area contributed by atoms with E-state index in [1.54, 1.807) is 24.5 Å². The minimum Gasteiger partial charge on any atom is -0.488 e. The van der Waals surface area contributed by atoms with Crippen LogP contribution in [0.1, 0.15) is 18.9 Å². The highest BCUT2D eigenvalue weighted by atomic mass is 16.5. The van der Waals surface area contributed by atoms with Crippen LogP contribution in [0.2, 0.25) is 0 Å². The van der Waals surface area contributed by atoms with Crippen LogP contribution in [0, 0.1) is 0 Å². The first kappa shape index (κ1) is 21.3. The lowest BCUT2D eigenvalue weighted by Crippen LogP contribution is -2.29. The predicted octanol–water partition coefficient (Wildman–Crippen LogP) is 3.97. The highest BCUT2D eigenvalue weighted by molar-refractivity contribution is 5.69. The van der Waals surface area contributed by atoms with E-state index >= 15 is 0 Å². The number of aryl methyl sites for hydroxylation is 1. The Morgan fingerprint density at radius 3 is 2.53 bits per heavy atom. The third-order valence-electron chi connectivity index (χ3n) is 4.70. The Morgan fingerprint density at radius 1 is 1.03 bits per heavy atom. The smallest absolute Gasteiger partial charge is 0.341 e. The fraction of sp³-hybridized carbons (Fsp3) is 0.250. The van der Waals surface area contributed by atoms with Gasteiger partial charge < -0.3 is 19.7 Å².